The van der Waals surface area contributed by atoms with Crippen molar-refractivity contribution in [1.82, 2.24) is 0 Å². The zero-order valence-corrected chi connectivity index (χ0v) is 8.93. The standard InChI is InChI=1S/C7H8.C4H11NO3/c1-7-5-3-2-4-6-7;5-4(1-6,2-7)3-8/h2-6H,1H3;6-8H,1-3,5H2. The molecule has 0 unspecified atom stereocenters. The lowest BCUT2D eigenvalue weighted by Crippen LogP contribution is -2.50. The van der Waals surface area contributed by atoms with Crippen LogP contribution in [0.2, 0.25) is 0 Å². The highest BCUT2D eigenvalue weighted by molar-refractivity contribution is 5.11. The molecule has 0 bridgehead atoms. The Morgan fingerprint density at radius 3 is 1.53 bits per heavy atom. The van der Waals surface area contributed by atoms with Crippen molar-refractivity contribution in [2.75, 3.05) is 19.8 Å². The highest BCUT2D eigenvalue weighted by atomic mass is 16.3. The van der Waals surface area contributed by atoms with Crippen LogP contribution in [0.5, 0.6) is 0 Å². The summed E-state index contributed by atoms with van der Waals surface area (Å²) < 4.78 is 0. The van der Waals surface area contributed by atoms with Crippen LogP contribution in [-0.4, -0.2) is 40.7 Å². The quantitative estimate of drug-likeness (QED) is 0.553. The molecule has 0 fully saturated rings. The van der Waals surface area contributed by atoms with Gasteiger partial charge in [-0.3, -0.25) is 0 Å². The fourth-order valence-electron chi connectivity index (χ4n) is 0.684. The molecule has 0 aliphatic rings. The molecule has 0 aliphatic carbocycles. The lowest BCUT2D eigenvalue weighted by atomic mass is 10.1. The number of rotatable bonds is 3. The third-order valence-electron chi connectivity index (χ3n) is 1.89. The molecule has 4 nitrogen and oxygen atoms in total. The van der Waals surface area contributed by atoms with E-state index in [1.165, 1.54) is 5.56 Å². The van der Waals surface area contributed by atoms with E-state index in [0.29, 0.717) is 0 Å². The van der Waals surface area contributed by atoms with Crippen molar-refractivity contribution in [1.29, 1.82) is 0 Å². The third kappa shape index (κ3) is 6.19. The van der Waals surface area contributed by atoms with Gasteiger partial charge >= 0.3 is 0 Å². The van der Waals surface area contributed by atoms with Crippen molar-refractivity contribution in [2.45, 2.75) is 12.5 Å². The van der Waals surface area contributed by atoms with Crippen molar-refractivity contribution >= 4 is 0 Å². The second kappa shape index (κ2) is 7.36. The molecule has 0 amide bonds. The molecular formula is C11H19NO3. The molecule has 0 spiro atoms. The van der Waals surface area contributed by atoms with E-state index in [2.05, 4.69) is 19.1 Å². The highest BCUT2D eigenvalue weighted by Gasteiger charge is 2.20. The lowest BCUT2D eigenvalue weighted by Gasteiger charge is -2.20. The number of aryl methyl sites for hydroxylation is 1. The Balaban J connectivity index is 0.000000262. The summed E-state index contributed by atoms with van der Waals surface area (Å²) in [4.78, 5) is 0. The zero-order valence-electron chi connectivity index (χ0n) is 8.93. The maximum Gasteiger partial charge on any atom is 0.0856 e. The summed E-state index contributed by atoms with van der Waals surface area (Å²) in [5.74, 6) is 0. The number of hydrogen-bond acceptors (Lipinski definition) is 4. The molecule has 4 heteroatoms. The first-order chi connectivity index (χ1) is 7.08. The van der Waals surface area contributed by atoms with Gasteiger partial charge in [-0.1, -0.05) is 35.9 Å². The van der Waals surface area contributed by atoms with Crippen molar-refractivity contribution in [3.8, 4) is 0 Å². The fraction of sp³-hybridized carbons (Fsp3) is 0.455. The molecule has 0 heterocycles. The molecule has 1 rings (SSSR count). The average Bonchev–Trinajstić information content (AvgIpc) is 2.30. The molecule has 0 saturated heterocycles. The Morgan fingerprint density at radius 1 is 1.00 bits per heavy atom. The molecule has 0 atom stereocenters. The van der Waals surface area contributed by atoms with Crippen LogP contribution in [0.15, 0.2) is 30.3 Å². The van der Waals surface area contributed by atoms with Gasteiger partial charge in [0, 0.05) is 0 Å². The van der Waals surface area contributed by atoms with Crippen LogP contribution in [0.1, 0.15) is 5.56 Å². The van der Waals surface area contributed by atoms with Crippen LogP contribution >= 0.6 is 0 Å². The van der Waals surface area contributed by atoms with Gasteiger partial charge in [0.2, 0.25) is 0 Å². The molecular weight excluding hydrogens is 194 g/mol. The van der Waals surface area contributed by atoms with Crippen molar-refractivity contribution in [3.63, 3.8) is 0 Å². The third-order valence-corrected chi connectivity index (χ3v) is 1.89. The van der Waals surface area contributed by atoms with Gasteiger partial charge < -0.3 is 21.1 Å². The second-order valence-electron chi connectivity index (χ2n) is 3.49. The van der Waals surface area contributed by atoms with E-state index in [-0.39, 0.29) is 0 Å². The minimum atomic E-state index is -1.21. The van der Waals surface area contributed by atoms with Gasteiger partial charge in [0.1, 0.15) is 0 Å². The molecule has 0 aromatic heterocycles. The molecule has 0 radical (unpaired) electrons. The van der Waals surface area contributed by atoms with Crippen LogP contribution in [0.4, 0.5) is 0 Å². The largest absolute Gasteiger partial charge is 0.394 e. The van der Waals surface area contributed by atoms with Gasteiger partial charge in [0.05, 0.1) is 25.4 Å². The van der Waals surface area contributed by atoms with Gasteiger partial charge in [0.25, 0.3) is 0 Å². The van der Waals surface area contributed by atoms with E-state index in [1.54, 1.807) is 0 Å². The molecule has 15 heavy (non-hydrogen) atoms. The van der Waals surface area contributed by atoms with Crippen molar-refractivity contribution in [2.24, 2.45) is 5.73 Å². The summed E-state index contributed by atoms with van der Waals surface area (Å²) in [6.07, 6.45) is 0. The molecule has 0 aliphatic heterocycles. The maximum atomic E-state index is 8.34. The Kier molecular flexibility index (Phi) is 6.90. The SMILES string of the molecule is Cc1ccccc1.NC(CO)(CO)CO. The number of nitrogens with two attached hydrogens (primary N) is 1. The minimum absolute atomic E-state index is 0.403. The molecule has 1 aromatic carbocycles. The molecule has 0 saturated carbocycles. The predicted octanol–water partition coefficient (Wildman–Crippen LogP) is -0.344. The van der Waals surface area contributed by atoms with E-state index >= 15 is 0 Å². The fourth-order valence-corrected chi connectivity index (χ4v) is 0.684. The average molecular weight is 213 g/mol. The predicted molar refractivity (Wildman–Crippen MR) is 59.4 cm³/mol. The van der Waals surface area contributed by atoms with Crippen LogP contribution in [0, 0.1) is 6.92 Å². The first kappa shape index (κ1) is 14.1. The normalized spacial score (nSPS) is 10.5. The smallest absolute Gasteiger partial charge is 0.0856 e. The van der Waals surface area contributed by atoms with E-state index in [4.69, 9.17) is 21.1 Å². The summed E-state index contributed by atoms with van der Waals surface area (Å²) >= 11 is 0. The van der Waals surface area contributed by atoms with Gasteiger partial charge in [0.15, 0.2) is 0 Å². The van der Waals surface area contributed by atoms with E-state index < -0.39 is 25.4 Å². The molecule has 5 N–H and O–H groups in total. The monoisotopic (exact) mass is 213 g/mol. The highest BCUT2D eigenvalue weighted by Crippen LogP contribution is 1.93. The number of aliphatic hydroxyl groups excluding tert-OH is 3. The van der Waals surface area contributed by atoms with Crippen LogP contribution in [-0.2, 0) is 0 Å². The zero-order chi connectivity index (χ0) is 11.7. The van der Waals surface area contributed by atoms with Crippen molar-refractivity contribution in [3.05, 3.63) is 35.9 Å². The Labute approximate surface area is 90.0 Å². The van der Waals surface area contributed by atoms with E-state index in [0.717, 1.165) is 0 Å². The summed E-state index contributed by atoms with van der Waals surface area (Å²) in [5.41, 5.74) is 5.26. The number of hydrogen-bond donors (Lipinski definition) is 4. The first-order valence-corrected chi connectivity index (χ1v) is 4.71. The molecule has 86 valence electrons. The van der Waals surface area contributed by atoms with Crippen LogP contribution in [0.3, 0.4) is 0 Å². The summed E-state index contributed by atoms with van der Waals surface area (Å²) in [6.45, 7) is 0.875. The second-order valence-corrected chi connectivity index (χ2v) is 3.49. The maximum absolute atomic E-state index is 8.34. The van der Waals surface area contributed by atoms with Crippen LogP contribution < -0.4 is 5.73 Å². The summed E-state index contributed by atoms with van der Waals surface area (Å²) in [7, 11) is 0. The summed E-state index contributed by atoms with van der Waals surface area (Å²) in [6, 6.07) is 10.3. The number of benzene rings is 1. The molecule has 1 aromatic rings. The van der Waals surface area contributed by atoms with E-state index in [9.17, 15) is 0 Å². The Hall–Kier alpha value is -0.940. The van der Waals surface area contributed by atoms with Crippen LogP contribution in [0.25, 0.3) is 0 Å². The van der Waals surface area contributed by atoms with E-state index in [1.807, 2.05) is 18.2 Å². The first-order valence-electron chi connectivity index (χ1n) is 4.71. The van der Waals surface area contributed by atoms with Gasteiger partial charge in [-0.2, -0.15) is 0 Å². The topological polar surface area (TPSA) is 86.7 Å². The van der Waals surface area contributed by atoms with Gasteiger partial charge in [-0.25, -0.2) is 0 Å². The Bertz CT molecular complexity index is 239. The lowest BCUT2D eigenvalue weighted by molar-refractivity contribution is 0.0698. The number of aliphatic hydroxyl groups is 3. The summed E-state index contributed by atoms with van der Waals surface area (Å²) in [5, 5.41) is 25.0. The Morgan fingerprint density at radius 2 is 1.40 bits per heavy atom. The minimum Gasteiger partial charge on any atom is -0.394 e. The van der Waals surface area contributed by atoms with Gasteiger partial charge in [-0.05, 0) is 6.92 Å². The van der Waals surface area contributed by atoms with Gasteiger partial charge in [-0.15, -0.1) is 0 Å². The van der Waals surface area contributed by atoms with Crippen molar-refractivity contribution < 1.29 is 15.3 Å².